The van der Waals surface area contributed by atoms with Gasteiger partial charge in [0.05, 0.1) is 24.2 Å². The van der Waals surface area contributed by atoms with Crippen LogP contribution in [0.25, 0.3) is 16.9 Å². The molecule has 39 heavy (non-hydrogen) atoms. The Balaban J connectivity index is 1.23. The molecule has 2 saturated carbocycles. The maximum atomic E-state index is 14.1. The van der Waals surface area contributed by atoms with Gasteiger partial charge in [0.2, 0.25) is 5.95 Å². The average molecular weight is 544 g/mol. The molecule has 210 valence electrons. The number of alkyl halides is 3. The number of imidazole rings is 1. The van der Waals surface area contributed by atoms with Crippen LogP contribution in [0.1, 0.15) is 50.8 Å². The molecule has 3 fully saturated rings. The number of benzene rings is 1. The molecular formula is C28H36F3N7O. The van der Waals surface area contributed by atoms with Gasteiger partial charge in [0.15, 0.2) is 5.82 Å². The second-order valence-corrected chi connectivity index (χ2v) is 10.8. The van der Waals surface area contributed by atoms with E-state index in [4.69, 9.17) is 14.7 Å². The van der Waals surface area contributed by atoms with E-state index in [1.807, 2.05) is 6.07 Å². The lowest BCUT2D eigenvalue weighted by Crippen LogP contribution is -2.41. The van der Waals surface area contributed by atoms with Crippen LogP contribution in [0.4, 0.5) is 24.9 Å². The van der Waals surface area contributed by atoms with Crippen LogP contribution in [0.5, 0.6) is 0 Å². The Kier molecular flexibility index (Phi) is 7.87. The molecule has 11 heteroatoms. The van der Waals surface area contributed by atoms with E-state index < -0.39 is 6.43 Å². The van der Waals surface area contributed by atoms with Crippen LogP contribution in [0.3, 0.4) is 0 Å². The highest BCUT2D eigenvalue weighted by Crippen LogP contribution is 2.35. The average Bonchev–Trinajstić information content (AvgIpc) is 3.74. The Bertz CT molecular complexity index is 1250. The first-order chi connectivity index (χ1) is 19.1. The van der Waals surface area contributed by atoms with Crippen molar-refractivity contribution >= 4 is 22.8 Å². The van der Waals surface area contributed by atoms with Gasteiger partial charge in [-0.3, -0.25) is 9.47 Å². The summed E-state index contributed by atoms with van der Waals surface area (Å²) in [5.74, 6) is 1.59. The zero-order valence-electron chi connectivity index (χ0n) is 22.1. The fourth-order valence-electron chi connectivity index (χ4n) is 6.09. The third kappa shape index (κ3) is 5.84. The number of hydrogen-bond donors (Lipinski definition) is 1. The summed E-state index contributed by atoms with van der Waals surface area (Å²) in [6, 6.07) is 9.93. The highest BCUT2D eigenvalue weighted by atomic mass is 19.3. The number of hydrogen-bond acceptors (Lipinski definition) is 7. The molecule has 6 rings (SSSR count). The van der Waals surface area contributed by atoms with Crippen molar-refractivity contribution in [1.82, 2.24) is 24.4 Å². The first kappa shape index (κ1) is 26.3. The largest absolute Gasteiger partial charge is 0.378 e. The van der Waals surface area contributed by atoms with E-state index in [1.54, 1.807) is 24.3 Å². The van der Waals surface area contributed by atoms with Crippen molar-refractivity contribution in [3.63, 3.8) is 0 Å². The lowest BCUT2D eigenvalue weighted by Gasteiger charge is -2.36. The molecule has 3 heterocycles. The minimum absolute atomic E-state index is 0.281. The molecule has 2 aliphatic carbocycles. The predicted octanol–water partition coefficient (Wildman–Crippen LogP) is 4.99. The smallest absolute Gasteiger partial charge is 0.296 e. The number of nitrogens with zero attached hydrogens (tertiary/aromatic N) is 6. The molecule has 0 atom stereocenters. The summed E-state index contributed by atoms with van der Waals surface area (Å²) in [5, 5.41) is 3.42. The minimum atomic E-state index is -2.75. The fourth-order valence-corrected chi connectivity index (χ4v) is 6.09. The number of para-hydroxylation sites is 2. The van der Waals surface area contributed by atoms with Crippen LogP contribution in [0.15, 0.2) is 30.3 Å². The lowest BCUT2D eigenvalue weighted by atomic mass is 9.85. The minimum Gasteiger partial charge on any atom is -0.378 e. The summed E-state index contributed by atoms with van der Waals surface area (Å²) >= 11 is 0. The maximum absolute atomic E-state index is 14.1. The van der Waals surface area contributed by atoms with Gasteiger partial charge < -0.3 is 15.0 Å². The Morgan fingerprint density at radius 3 is 2.33 bits per heavy atom. The zero-order chi connectivity index (χ0) is 26.8. The van der Waals surface area contributed by atoms with Crippen LogP contribution in [0, 0.1) is 5.92 Å². The Labute approximate surface area is 226 Å². The SMILES string of the molecule is FCCN(C1CCC(CNc2nc(N3CCOCC3)cc(-n3c(C(F)F)nc4ccccc43)n2)CC1)C1CC1. The van der Waals surface area contributed by atoms with Gasteiger partial charge in [0.25, 0.3) is 6.43 Å². The van der Waals surface area contributed by atoms with Crippen molar-refractivity contribution in [2.24, 2.45) is 5.92 Å². The zero-order valence-corrected chi connectivity index (χ0v) is 22.1. The number of aromatic nitrogens is 4. The molecule has 2 aromatic heterocycles. The van der Waals surface area contributed by atoms with Crippen LogP contribution in [0.2, 0.25) is 0 Å². The van der Waals surface area contributed by atoms with Crippen LogP contribution in [-0.4, -0.2) is 82.6 Å². The van der Waals surface area contributed by atoms with Crippen molar-refractivity contribution < 1.29 is 17.9 Å². The number of rotatable bonds is 10. The van der Waals surface area contributed by atoms with Gasteiger partial charge in [0, 0.05) is 44.3 Å². The molecule has 1 saturated heterocycles. The van der Waals surface area contributed by atoms with Gasteiger partial charge >= 0.3 is 0 Å². The van der Waals surface area contributed by atoms with Gasteiger partial charge in [-0.15, -0.1) is 0 Å². The Morgan fingerprint density at radius 1 is 0.949 bits per heavy atom. The normalized spacial score (nSPS) is 22.2. The molecule has 3 aliphatic rings. The summed E-state index contributed by atoms with van der Waals surface area (Å²) in [7, 11) is 0. The third-order valence-corrected chi connectivity index (χ3v) is 8.24. The van der Waals surface area contributed by atoms with Crippen molar-refractivity contribution in [3.05, 3.63) is 36.2 Å². The quantitative estimate of drug-likeness (QED) is 0.386. The summed E-state index contributed by atoms with van der Waals surface area (Å²) in [5.41, 5.74) is 1.08. The Morgan fingerprint density at radius 2 is 1.64 bits per heavy atom. The second-order valence-electron chi connectivity index (χ2n) is 10.8. The summed E-state index contributed by atoms with van der Waals surface area (Å²) in [6.07, 6.45) is 3.90. The number of anilines is 2. The third-order valence-electron chi connectivity index (χ3n) is 8.24. The summed E-state index contributed by atoms with van der Waals surface area (Å²) in [4.78, 5) is 18.2. The van der Waals surface area contributed by atoms with E-state index >= 15 is 0 Å². The number of ether oxygens (including phenoxy) is 1. The van der Waals surface area contributed by atoms with Crippen LogP contribution in [-0.2, 0) is 4.74 Å². The molecular weight excluding hydrogens is 507 g/mol. The topological polar surface area (TPSA) is 71.3 Å². The molecule has 8 nitrogen and oxygen atoms in total. The number of halogens is 3. The van der Waals surface area contributed by atoms with E-state index in [2.05, 4.69) is 20.1 Å². The fraction of sp³-hybridized carbons (Fsp3) is 0.607. The van der Waals surface area contributed by atoms with E-state index in [9.17, 15) is 13.2 Å². The molecule has 1 aromatic carbocycles. The molecule has 0 bridgehead atoms. The number of nitrogens with one attached hydrogen (secondary N) is 1. The molecule has 0 radical (unpaired) electrons. The van der Waals surface area contributed by atoms with E-state index in [1.165, 1.54) is 17.4 Å². The lowest BCUT2D eigenvalue weighted by molar-refractivity contribution is 0.122. The standard InChI is InChI=1S/C28H36F3N7O/c29-11-12-37(21-9-10-21)20-7-5-19(6-8-20)18-32-28-34-24(36-13-15-39-16-14-36)17-25(35-28)38-23-4-2-1-3-22(23)33-27(38)26(30)31/h1-4,17,19-21,26H,5-16,18H2,(H,32,34,35). The molecule has 0 amide bonds. The van der Waals surface area contributed by atoms with Gasteiger partial charge in [-0.25, -0.2) is 18.2 Å². The van der Waals surface area contributed by atoms with Crippen LogP contribution >= 0.6 is 0 Å². The van der Waals surface area contributed by atoms with Crippen molar-refractivity contribution in [3.8, 4) is 5.82 Å². The molecule has 0 unspecified atom stereocenters. The van der Waals surface area contributed by atoms with Gasteiger partial charge in [-0.2, -0.15) is 9.97 Å². The van der Waals surface area contributed by atoms with Crippen LogP contribution < -0.4 is 10.2 Å². The highest BCUT2D eigenvalue weighted by Gasteiger charge is 2.35. The van der Waals surface area contributed by atoms with E-state index in [-0.39, 0.29) is 12.5 Å². The van der Waals surface area contributed by atoms with Crippen molar-refractivity contribution in [1.29, 1.82) is 0 Å². The second kappa shape index (κ2) is 11.7. The monoisotopic (exact) mass is 543 g/mol. The van der Waals surface area contributed by atoms with Gasteiger partial charge in [0.1, 0.15) is 18.3 Å². The van der Waals surface area contributed by atoms with Crippen molar-refractivity contribution in [2.75, 3.05) is 56.3 Å². The summed E-state index contributed by atoms with van der Waals surface area (Å²) in [6.45, 7) is 3.48. The van der Waals surface area contributed by atoms with E-state index in [0.29, 0.717) is 86.0 Å². The first-order valence-electron chi connectivity index (χ1n) is 14.1. The van der Waals surface area contributed by atoms with Gasteiger partial charge in [-0.1, -0.05) is 12.1 Å². The Hall–Kier alpha value is -2.92. The number of fused-ring (bicyclic) bond motifs is 1. The molecule has 0 spiro atoms. The van der Waals surface area contributed by atoms with Gasteiger partial charge in [-0.05, 0) is 56.6 Å². The molecule has 3 aromatic rings. The van der Waals surface area contributed by atoms with Crippen molar-refractivity contribution in [2.45, 2.75) is 57.0 Å². The molecule has 1 N–H and O–H groups in total. The van der Waals surface area contributed by atoms with E-state index in [0.717, 1.165) is 25.7 Å². The first-order valence-corrected chi connectivity index (χ1v) is 14.1. The molecule has 1 aliphatic heterocycles. The highest BCUT2D eigenvalue weighted by molar-refractivity contribution is 5.78. The summed E-state index contributed by atoms with van der Waals surface area (Å²) < 4.78 is 48.2. The predicted molar refractivity (Wildman–Crippen MR) is 145 cm³/mol. The maximum Gasteiger partial charge on any atom is 0.296 e. The number of morpholine rings is 1.